The van der Waals surface area contributed by atoms with Crippen LogP contribution in [0.5, 0.6) is 0 Å². The molecular weight excluding hydrogens is 353 g/mol. The molecule has 1 heterocycles. The molecule has 3 amide bonds. The van der Waals surface area contributed by atoms with Crippen molar-refractivity contribution in [3.63, 3.8) is 0 Å². The number of rotatable bonds is 4. The molecule has 0 saturated carbocycles. The summed E-state index contributed by atoms with van der Waals surface area (Å²) < 4.78 is 13.8. The van der Waals surface area contributed by atoms with Gasteiger partial charge in [-0.05, 0) is 40.0 Å². The molecule has 1 aromatic rings. The predicted molar refractivity (Wildman–Crippen MR) is 84.7 cm³/mol. The van der Waals surface area contributed by atoms with E-state index >= 15 is 0 Å². The molecule has 0 aromatic heterocycles. The van der Waals surface area contributed by atoms with Crippen LogP contribution in [-0.2, 0) is 11.3 Å². The molecule has 1 aromatic carbocycles. The Kier molecular flexibility index (Phi) is 5.76. The molecule has 1 aliphatic heterocycles. The number of amides is 3. The topological polar surface area (TPSA) is 61.4 Å². The number of hydrogen-bond acceptors (Lipinski definition) is 2. The summed E-state index contributed by atoms with van der Waals surface area (Å²) in [5.41, 5.74) is 0.685. The zero-order valence-electron chi connectivity index (χ0n) is 12.4. The Bertz CT molecular complexity index is 568. The van der Waals surface area contributed by atoms with Crippen molar-refractivity contribution in [1.82, 2.24) is 15.5 Å². The Morgan fingerprint density at radius 3 is 2.91 bits per heavy atom. The van der Waals surface area contributed by atoms with Crippen molar-refractivity contribution in [2.24, 2.45) is 0 Å². The van der Waals surface area contributed by atoms with Crippen molar-refractivity contribution in [3.8, 4) is 0 Å². The minimum atomic E-state index is -0.357. The van der Waals surface area contributed by atoms with E-state index in [9.17, 15) is 14.0 Å². The lowest BCUT2D eigenvalue weighted by molar-refractivity contribution is -0.129. The zero-order chi connectivity index (χ0) is 16.1. The Labute approximate surface area is 137 Å². The molecule has 0 spiro atoms. The highest BCUT2D eigenvalue weighted by Gasteiger charge is 2.26. The standard InChI is InChI=1S/C15H19BrFN3O2/c1-2-14(21)20-6-5-11(9-20)19-15(22)18-8-10-3-4-12(16)13(17)7-10/h3-4,7,11H,2,5-6,8-9H2,1H3,(H2,18,19,22). The van der Waals surface area contributed by atoms with Gasteiger partial charge in [-0.2, -0.15) is 0 Å². The van der Waals surface area contributed by atoms with Crippen LogP contribution in [0.15, 0.2) is 22.7 Å². The Morgan fingerprint density at radius 1 is 1.45 bits per heavy atom. The van der Waals surface area contributed by atoms with Crippen LogP contribution < -0.4 is 10.6 Å². The van der Waals surface area contributed by atoms with Gasteiger partial charge < -0.3 is 15.5 Å². The summed E-state index contributed by atoms with van der Waals surface area (Å²) >= 11 is 3.08. The van der Waals surface area contributed by atoms with Gasteiger partial charge in [-0.25, -0.2) is 9.18 Å². The van der Waals surface area contributed by atoms with Crippen molar-refractivity contribution in [2.45, 2.75) is 32.4 Å². The van der Waals surface area contributed by atoms with E-state index in [4.69, 9.17) is 0 Å². The maximum atomic E-state index is 13.4. The monoisotopic (exact) mass is 371 g/mol. The Morgan fingerprint density at radius 2 is 2.23 bits per heavy atom. The fourth-order valence-electron chi connectivity index (χ4n) is 2.40. The smallest absolute Gasteiger partial charge is 0.315 e. The van der Waals surface area contributed by atoms with Gasteiger partial charge in [0.1, 0.15) is 5.82 Å². The molecule has 2 N–H and O–H groups in total. The Hall–Kier alpha value is -1.63. The van der Waals surface area contributed by atoms with Gasteiger partial charge in [0.05, 0.1) is 4.47 Å². The van der Waals surface area contributed by atoms with Crippen molar-refractivity contribution in [2.75, 3.05) is 13.1 Å². The van der Waals surface area contributed by atoms with E-state index in [-0.39, 0.29) is 30.3 Å². The van der Waals surface area contributed by atoms with Gasteiger partial charge in [0.2, 0.25) is 5.91 Å². The fraction of sp³-hybridized carbons (Fsp3) is 0.467. The first-order valence-corrected chi connectivity index (χ1v) is 8.05. The highest BCUT2D eigenvalue weighted by Crippen LogP contribution is 2.16. The number of halogens is 2. The van der Waals surface area contributed by atoms with Gasteiger partial charge >= 0.3 is 6.03 Å². The highest BCUT2D eigenvalue weighted by atomic mass is 79.9. The number of nitrogens with zero attached hydrogens (tertiary/aromatic N) is 1. The lowest BCUT2D eigenvalue weighted by atomic mass is 10.2. The molecule has 0 aliphatic carbocycles. The van der Waals surface area contributed by atoms with E-state index < -0.39 is 0 Å². The van der Waals surface area contributed by atoms with Crippen LogP contribution in [0.2, 0.25) is 0 Å². The van der Waals surface area contributed by atoms with Gasteiger partial charge in [0.25, 0.3) is 0 Å². The van der Waals surface area contributed by atoms with Gasteiger partial charge in [-0.1, -0.05) is 13.0 Å². The molecule has 5 nitrogen and oxygen atoms in total. The van der Waals surface area contributed by atoms with E-state index in [2.05, 4.69) is 26.6 Å². The molecule has 0 bridgehead atoms. The van der Waals surface area contributed by atoms with E-state index in [1.165, 1.54) is 6.07 Å². The van der Waals surface area contributed by atoms with Crippen molar-refractivity contribution < 1.29 is 14.0 Å². The lowest BCUT2D eigenvalue weighted by Crippen LogP contribution is -2.43. The second kappa shape index (κ2) is 7.58. The number of nitrogens with one attached hydrogen (secondary N) is 2. The average Bonchev–Trinajstić information content (AvgIpc) is 2.96. The quantitative estimate of drug-likeness (QED) is 0.853. The number of carbonyl (C=O) groups excluding carboxylic acids is 2. The number of urea groups is 1. The predicted octanol–water partition coefficient (Wildman–Crippen LogP) is 2.40. The minimum absolute atomic E-state index is 0.0304. The van der Waals surface area contributed by atoms with Crippen molar-refractivity contribution in [3.05, 3.63) is 34.1 Å². The van der Waals surface area contributed by atoms with Crippen LogP contribution in [0.1, 0.15) is 25.3 Å². The molecule has 1 fully saturated rings. The van der Waals surface area contributed by atoms with E-state index in [0.717, 1.165) is 6.42 Å². The first kappa shape index (κ1) is 16.7. The van der Waals surface area contributed by atoms with Gasteiger partial charge in [0.15, 0.2) is 0 Å². The average molecular weight is 372 g/mol. The lowest BCUT2D eigenvalue weighted by Gasteiger charge is -2.16. The van der Waals surface area contributed by atoms with Gasteiger partial charge in [0, 0.05) is 32.1 Å². The van der Waals surface area contributed by atoms with E-state index in [1.54, 1.807) is 17.0 Å². The van der Waals surface area contributed by atoms with Crippen LogP contribution in [0, 0.1) is 5.82 Å². The summed E-state index contributed by atoms with van der Waals surface area (Å²) in [5.74, 6) is -0.251. The third-order valence-corrected chi connectivity index (χ3v) is 4.26. The summed E-state index contributed by atoms with van der Waals surface area (Å²) in [4.78, 5) is 25.2. The summed E-state index contributed by atoms with van der Waals surface area (Å²) in [6.07, 6.45) is 1.24. The molecule has 2 rings (SSSR count). The highest BCUT2D eigenvalue weighted by molar-refractivity contribution is 9.10. The van der Waals surface area contributed by atoms with Crippen LogP contribution >= 0.6 is 15.9 Å². The summed E-state index contributed by atoms with van der Waals surface area (Å²) in [5, 5.41) is 5.53. The molecular formula is C15H19BrFN3O2. The second-order valence-corrected chi connectivity index (χ2v) is 6.11. The SMILES string of the molecule is CCC(=O)N1CCC(NC(=O)NCc2ccc(Br)c(F)c2)C1. The third kappa shape index (κ3) is 4.43. The largest absolute Gasteiger partial charge is 0.341 e. The van der Waals surface area contributed by atoms with E-state index in [0.29, 0.717) is 29.5 Å². The van der Waals surface area contributed by atoms with E-state index in [1.807, 2.05) is 6.92 Å². The van der Waals surface area contributed by atoms with Crippen molar-refractivity contribution >= 4 is 27.9 Å². The van der Waals surface area contributed by atoms with Crippen molar-refractivity contribution in [1.29, 1.82) is 0 Å². The fourth-order valence-corrected chi connectivity index (χ4v) is 2.64. The molecule has 0 radical (unpaired) electrons. The zero-order valence-corrected chi connectivity index (χ0v) is 14.0. The molecule has 1 unspecified atom stereocenters. The molecule has 22 heavy (non-hydrogen) atoms. The number of likely N-dealkylation sites (tertiary alicyclic amines) is 1. The maximum Gasteiger partial charge on any atom is 0.315 e. The number of hydrogen-bond donors (Lipinski definition) is 2. The normalized spacial score (nSPS) is 17.4. The van der Waals surface area contributed by atoms with Crippen LogP contribution in [0.25, 0.3) is 0 Å². The van der Waals surface area contributed by atoms with Gasteiger partial charge in [-0.15, -0.1) is 0 Å². The van der Waals surface area contributed by atoms with Crippen LogP contribution in [-0.4, -0.2) is 36.0 Å². The molecule has 1 saturated heterocycles. The number of benzene rings is 1. The Balaban J connectivity index is 1.76. The van der Waals surface area contributed by atoms with Gasteiger partial charge in [-0.3, -0.25) is 4.79 Å². The number of carbonyl (C=O) groups is 2. The molecule has 1 aliphatic rings. The molecule has 7 heteroatoms. The summed E-state index contributed by atoms with van der Waals surface area (Å²) in [7, 11) is 0. The second-order valence-electron chi connectivity index (χ2n) is 5.25. The van der Waals surface area contributed by atoms with Crippen LogP contribution in [0.4, 0.5) is 9.18 Å². The van der Waals surface area contributed by atoms with Crippen LogP contribution in [0.3, 0.4) is 0 Å². The minimum Gasteiger partial charge on any atom is -0.341 e. The first-order valence-electron chi connectivity index (χ1n) is 7.25. The first-order chi connectivity index (χ1) is 10.5. The molecule has 120 valence electrons. The summed E-state index contributed by atoms with van der Waals surface area (Å²) in [6, 6.07) is 4.39. The molecule has 1 atom stereocenters. The summed E-state index contributed by atoms with van der Waals surface area (Å²) in [6.45, 7) is 3.30. The third-order valence-electron chi connectivity index (χ3n) is 3.62. The maximum absolute atomic E-state index is 13.4.